The number of ketones is 2. The zero-order chi connectivity index (χ0) is 22.4. The molecule has 0 saturated carbocycles. The van der Waals surface area contributed by atoms with Gasteiger partial charge in [-0.05, 0) is 64.0 Å². The summed E-state index contributed by atoms with van der Waals surface area (Å²) in [4.78, 5) is 39.5. The van der Waals surface area contributed by atoms with Gasteiger partial charge in [0.2, 0.25) is 5.78 Å². The molecule has 7 heteroatoms. The van der Waals surface area contributed by atoms with Gasteiger partial charge in [-0.2, -0.15) is 0 Å². The number of carbonyl (C=O) groups excluding carboxylic acids is 3. The molecule has 0 saturated heterocycles. The minimum absolute atomic E-state index is 0.126. The molecule has 2 aromatic rings. The summed E-state index contributed by atoms with van der Waals surface area (Å²) in [5.41, 5.74) is 2.66. The topological polar surface area (TPSA) is 94.7 Å². The van der Waals surface area contributed by atoms with Crippen LogP contribution < -0.4 is 9.47 Å². The van der Waals surface area contributed by atoms with Gasteiger partial charge in [-0.25, -0.2) is 4.79 Å². The Kier molecular flexibility index (Phi) is 7.58. The van der Waals surface area contributed by atoms with Crippen LogP contribution in [0.4, 0.5) is 0 Å². The van der Waals surface area contributed by atoms with E-state index in [1.807, 2.05) is 6.92 Å². The van der Waals surface area contributed by atoms with E-state index in [1.165, 1.54) is 27.0 Å². The molecule has 0 radical (unpaired) electrons. The van der Waals surface area contributed by atoms with Crippen LogP contribution in [0.5, 0.6) is 11.5 Å². The number of rotatable bonds is 9. The third-order valence-corrected chi connectivity index (χ3v) is 4.60. The summed E-state index contributed by atoms with van der Waals surface area (Å²) in [6.07, 6.45) is 1.80. The SMILES string of the molecule is CCOc1ccc(/C=C/C(=O)O[C@@H](C)C(=O)c2[nH]c(C)c(C(C)=O)c2C)cc1OC. The van der Waals surface area contributed by atoms with Gasteiger partial charge in [0.1, 0.15) is 0 Å². The lowest BCUT2D eigenvalue weighted by Crippen LogP contribution is -2.24. The highest BCUT2D eigenvalue weighted by molar-refractivity contribution is 6.05. The van der Waals surface area contributed by atoms with E-state index in [-0.39, 0.29) is 11.5 Å². The van der Waals surface area contributed by atoms with Crippen molar-refractivity contribution in [1.82, 2.24) is 4.98 Å². The number of H-pyrrole nitrogens is 1. The van der Waals surface area contributed by atoms with Crippen molar-refractivity contribution in [3.63, 3.8) is 0 Å². The Bertz CT molecular complexity index is 986. The summed E-state index contributed by atoms with van der Waals surface area (Å²) in [5, 5.41) is 0. The molecule has 0 aliphatic rings. The number of hydrogen-bond acceptors (Lipinski definition) is 6. The molecular formula is C23H27NO6. The number of methoxy groups -OCH3 is 1. The van der Waals surface area contributed by atoms with Crippen LogP contribution in [0, 0.1) is 13.8 Å². The van der Waals surface area contributed by atoms with Crippen LogP contribution in [0.15, 0.2) is 24.3 Å². The Balaban J connectivity index is 2.08. The van der Waals surface area contributed by atoms with Gasteiger partial charge in [-0.1, -0.05) is 6.07 Å². The molecular weight excluding hydrogens is 386 g/mol. The third kappa shape index (κ3) is 5.17. The number of aryl methyl sites for hydroxylation is 1. The lowest BCUT2D eigenvalue weighted by Gasteiger charge is -2.11. The summed E-state index contributed by atoms with van der Waals surface area (Å²) in [5.74, 6) is -0.0158. The Labute approximate surface area is 176 Å². The first-order valence-corrected chi connectivity index (χ1v) is 9.63. The number of esters is 1. The van der Waals surface area contributed by atoms with Gasteiger partial charge in [-0.15, -0.1) is 0 Å². The zero-order valence-electron chi connectivity index (χ0n) is 18.1. The molecule has 1 aromatic heterocycles. The van der Waals surface area contributed by atoms with E-state index in [0.29, 0.717) is 40.5 Å². The molecule has 160 valence electrons. The number of nitrogens with one attached hydrogen (secondary N) is 1. The number of benzene rings is 1. The van der Waals surface area contributed by atoms with Crippen molar-refractivity contribution < 1.29 is 28.6 Å². The van der Waals surface area contributed by atoms with Crippen molar-refractivity contribution in [2.45, 2.75) is 40.7 Å². The van der Waals surface area contributed by atoms with Gasteiger partial charge >= 0.3 is 5.97 Å². The number of Topliss-reactive ketones (excluding diaryl/α,β-unsaturated/α-hetero) is 2. The van der Waals surface area contributed by atoms with Crippen molar-refractivity contribution in [3.05, 3.63) is 52.4 Å². The monoisotopic (exact) mass is 413 g/mol. The van der Waals surface area contributed by atoms with Crippen molar-refractivity contribution in [2.24, 2.45) is 0 Å². The normalized spacial score (nSPS) is 11.9. The van der Waals surface area contributed by atoms with Crippen molar-refractivity contribution in [2.75, 3.05) is 13.7 Å². The van der Waals surface area contributed by atoms with Crippen LogP contribution in [0.3, 0.4) is 0 Å². The summed E-state index contributed by atoms with van der Waals surface area (Å²) >= 11 is 0. The number of hydrogen-bond donors (Lipinski definition) is 1. The standard InChI is InChI=1S/C23H27NO6/c1-7-29-18-10-8-17(12-19(18)28-6)9-11-20(26)30-16(5)23(27)22-13(2)21(15(4)25)14(3)24-22/h8-12,16,24H,7H2,1-6H3/b11-9+/t16-/m0/s1. The largest absolute Gasteiger partial charge is 0.493 e. The Hall–Kier alpha value is -3.35. The molecule has 1 atom stereocenters. The van der Waals surface area contributed by atoms with E-state index in [4.69, 9.17) is 14.2 Å². The molecule has 0 aliphatic heterocycles. The second kappa shape index (κ2) is 9.91. The first kappa shape index (κ1) is 22.9. The van der Waals surface area contributed by atoms with Gasteiger partial charge in [0, 0.05) is 17.3 Å². The smallest absolute Gasteiger partial charge is 0.331 e. The van der Waals surface area contributed by atoms with Gasteiger partial charge in [0.15, 0.2) is 23.4 Å². The minimum atomic E-state index is -1.01. The van der Waals surface area contributed by atoms with Gasteiger partial charge in [0.05, 0.1) is 19.4 Å². The highest BCUT2D eigenvalue weighted by Crippen LogP contribution is 2.28. The van der Waals surface area contributed by atoms with Crippen molar-refractivity contribution >= 4 is 23.6 Å². The number of ether oxygens (including phenoxy) is 3. The zero-order valence-corrected chi connectivity index (χ0v) is 18.1. The van der Waals surface area contributed by atoms with E-state index in [2.05, 4.69) is 4.98 Å². The average molecular weight is 413 g/mol. The second-order valence-electron chi connectivity index (χ2n) is 6.80. The van der Waals surface area contributed by atoms with E-state index >= 15 is 0 Å². The maximum Gasteiger partial charge on any atom is 0.331 e. The Morgan fingerprint density at radius 2 is 1.87 bits per heavy atom. The fraction of sp³-hybridized carbons (Fsp3) is 0.348. The lowest BCUT2D eigenvalue weighted by atomic mass is 10.0. The number of carbonyl (C=O) groups is 3. The molecule has 0 amide bonds. The number of aromatic amines is 1. The van der Waals surface area contributed by atoms with Crippen LogP contribution in [0.2, 0.25) is 0 Å². The van der Waals surface area contributed by atoms with E-state index in [1.54, 1.807) is 38.1 Å². The third-order valence-electron chi connectivity index (χ3n) is 4.60. The van der Waals surface area contributed by atoms with Gasteiger partial charge < -0.3 is 19.2 Å². The molecule has 0 aliphatic carbocycles. The highest BCUT2D eigenvalue weighted by Gasteiger charge is 2.25. The Morgan fingerprint density at radius 3 is 2.43 bits per heavy atom. The summed E-state index contributed by atoms with van der Waals surface area (Å²) < 4.78 is 16.0. The maximum absolute atomic E-state index is 12.7. The van der Waals surface area contributed by atoms with E-state index in [0.717, 1.165) is 0 Å². The molecule has 0 unspecified atom stereocenters. The summed E-state index contributed by atoms with van der Waals surface area (Å²) in [7, 11) is 1.54. The van der Waals surface area contributed by atoms with E-state index < -0.39 is 17.9 Å². The average Bonchev–Trinajstić information content (AvgIpc) is 3.00. The molecule has 1 aromatic carbocycles. The molecule has 0 spiro atoms. The predicted molar refractivity (Wildman–Crippen MR) is 113 cm³/mol. The van der Waals surface area contributed by atoms with Crippen molar-refractivity contribution in [3.8, 4) is 11.5 Å². The van der Waals surface area contributed by atoms with Crippen LogP contribution in [0.25, 0.3) is 6.08 Å². The quantitative estimate of drug-likeness (QED) is 0.378. The van der Waals surface area contributed by atoms with Gasteiger partial charge in [0.25, 0.3) is 0 Å². The number of aromatic nitrogens is 1. The first-order chi connectivity index (χ1) is 14.2. The molecule has 0 fully saturated rings. The second-order valence-corrected chi connectivity index (χ2v) is 6.80. The molecule has 1 heterocycles. The molecule has 2 rings (SSSR count). The lowest BCUT2D eigenvalue weighted by molar-refractivity contribution is -0.140. The van der Waals surface area contributed by atoms with Crippen LogP contribution in [0.1, 0.15) is 58.4 Å². The van der Waals surface area contributed by atoms with Crippen molar-refractivity contribution in [1.29, 1.82) is 0 Å². The fourth-order valence-corrected chi connectivity index (χ4v) is 3.22. The molecule has 1 N–H and O–H groups in total. The highest BCUT2D eigenvalue weighted by atomic mass is 16.5. The van der Waals surface area contributed by atoms with E-state index in [9.17, 15) is 14.4 Å². The molecule has 0 bridgehead atoms. The molecule has 7 nitrogen and oxygen atoms in total. The fourth-order valence-electron chi connectivity index (χ4n) is 3.22. The summed E-state index contributed by atoms with van der Waals surface area (Å²) in [6, 6.07) is 5.26. The predicted octanol–water partition coefficient (Wildman–Crippen LogP) is 4.07. The van der Waals surface area contributed by atoms with Crippen LogP contribution in [-0.2, 0) is 9.53 Å². The summed E-state index contributed by atoms with van der Waals surface area (Å²) in [6.45, 7) is 8.75. The molecule has 30 heavy (non-hydrogen) atoms. The Morgan fingerprint density at radius 1 is 1.17 bits per heavy atom. The minimum Gasteiger partial charge on any atom is -0.493 e. The maximum atomic E-state index is 12.7. The van der Waals surface area contributed by atoms with Crippen LogP contribution >= 0.6 is 0 Å². The van der Waals surface area contributed by atoms with Gasteiger partial charge in [-0.3, -0.25) is 9.59 Å². The van der Waals surface area contributed by atoms with Crippen LogP contribution in [-0.4, -0.2) is 42.3 Å². The first-order valence-electron chi connectivity index (χ1n) is 9.63.